The summed E-state index contributed by atoms with van der Waals surface area (Å²) in [5, 5.41) is 3.54. The van der Waals surface area contributed by atoms with E-state index in [-0.39, 0.29) is 0 Å². The minimum atomic E-state index is 0.455. The molecule has 18 heavy (non-hydrogen) atoms. The molecule has 2 rings (SSSR count). The van der Waals surface area contributed by atoms with E-state index < -0.39 is 0 Å². The normalized spacial score (nSPS) is 24.1. The Labute approximate surface area is 111 Å². The van der Waals surface area contributed by atoms with Crippen LogP contribution in [-0.2, 0) is 6.42 Å². The summed E-state index contributed by atoms with van der Waals surface area (Å²) in [6.07, 6.45) is 3.78. The molecule has 0 fully saturated rings. The van der Waals surface area contributed by atoms with Crippen molar-refractivity contribution in [1.29, 1.82) is 0 Å². The Kier molecular flexibility index (Phi) is 4.41. The van der Waals surface area contributed by atoms with Crippen LogP contribution in [0.5, 0.6) is 0 Å². The maximum Gasteiger partial charge on any atom is 0.0478 e. The van der Waals surface area contributed by atoms with Crippen LogP contribution in [0, 0.1) is 0 Å². The smallest absolute Gasteiger partial charge is 0.0478 e. The Balaban J connectivity index is 2.34. The molecular formula is C16H26N2. The van der Waals surface area contributed by atoms with Crippen molar-refractivity contribution in [2.24, 2.45) is 0 Å². The van der Waals surface area contributed by atoms with Crippen LogP contribution < -0.4 is 5.32 Å². The molecule has 1 aromatic carbocycles. The molecule has 0 radical (unpaired) electrons. The van der Waals surface area contributed by atoms with Gasteiger partial charge in [-0.15, -0.1) is 0 Å². The Bertz CT molecular complexity index is 386. The first-order valence-corrected chi connectivity index (χ1v) is 7.12. The number of hydrogen-bond donors (Lipinski definition) is 1. The van der Waals surface area contributed by atoms with Gasteiger partial charge in [-0.3, -0.25) is 4.90 Å². The Hall–Kier alpha value is -0.860. The van der Waals surface area contributed by atoms with E-state index in [1.807, 2.05) is 0 Å². The van der Waals surface area contributed by atoms with Gasteiger partial charge >= 0.3 is 0 Å². The van der Waals surface area contributed by atoms with Gasteiger partial charge in [0.2, 0.25) is 0 Å². The molecule has 2 unspecified atom stereocenters. The molecule has 0 spiro atoms. The zero-order valence-electron chi connectivity index (χ0n) is 12.1. The fraction of sp³-hybridized carbons (Fsp3) is 0.625. The highest BCUT2D eigenvalue weighted by Gasteiger charge is 2.30. The van der Waals surface area contributed by atoms with Gasteiger partial charge in [-0.1, -0.05) is 24.3 Å². The third-order valence-electron chi connectivity index (χ3n) is 4.37. The highest BCUT2D eigenvalue weighted by atomic mass is 15.2. The van der Waals surface area contributed by atoms with Gasteiger partial charge in [0.25, 0.3) is 0 Å². The molecule has 0 bridgehead atoms. The molecule has 2 atom stereocenters. The Morgan fingerprint density at radius 1 is 1.28 bits per heavy atom. The van der Waals surface area contributed by atoms with E-state index in [1.54, 1.807) is 0 Å². The molecule has 0 saturated carbocycles. The van der Waals surface area contributed by atoms with Gasteiger partial charge in [0.05, 0.1) is 0 Å². The molecule has 2 nitrogen and oxygen atoms in total. The van der Waals surface area contributed by atoms with Crippen molar-refractivity contribution in [3.8, 4) is 0 Å². The van der Waals surface area contributed by atoms with Gasteiger partial charge in [-0.05, 0) is 58.3 Å². The van der Waals surface area contributed by atoms with Crippen LogP contribution in [-0.4, -0.2) is 31.1 Å². The summed E-state index contributed by atoms with van der Waals surface area (Å²) in [6, 6.07) is 10.6. The summed E-state index contributed by atoms with van der Waals surface area (Å²) in [4.78, 5) is 2.52. The van der Waals surface area contributed by atoms with E-state index >= 15 is 0 Å². The molecule has 0 saturated heterocycles. The number of hydrogen-bond acceptors (Lipinski definition) is 2. The third-order valence-corrected chi connectivity index (χ3v) is 4.37. The quantitative estimate of drug-likeness (QED) is 0.825. The van der Waals surface area contributed by atoms with Crippen LogP contribution in [0.2, 0.25) is 0 Å². The molecule has 1 N–H and O–H groups in total. The second-order valence-electron chi connectivity index (χ2n) is 5.68. The predicted octanol–water partition coefficient (Wildman–Crippen LogP) is 2.99. The SMILES string of the molecule is CNC1c2ccccc2CCCC1N(C)C(C)C. The van der Waals surface area contributed by atoms with Gasteiger partial charge in [0, 0.05) is 18.1 Å². The standard InChI is InChI=1S/C16H26N2/c1-12(2)18(4)15-11-7-9-13-8-5-6-10-14(13)16(15)17-3/h5-6,8,10,12,15-17H,7,9,11H2,1-4H3. The molecular weight excluding hydrogens is 220 g/mol. The molecule has 1 aliphatic rings. The minimum absolute atomic E-state index is 0.455. The lowest BCUT2D eigenvalue weighted by molar-refractivity contribution is 0.150. The first-order chi connectivity index (χ1) is 8.65. The van der Waals surface area contributed by atoms with Gasteiger partial charge in [0.15, 0.2) is 0 Å². The van der Waals surface area contributed by atoms with Gasteiger partial charge in [-0.2, -0.15) is 0 Å². The summed E-state index contributed by atoms with van der Waals surface area (Å²) in [7, 11) is 4.35. The molecule has 100 valence electrons. The first kappa shape index (κ1) is 13.6. The molecule has 0 aromatic heterocycles. The fourth-order valence-electron chi connectivity index (χ4n) is 3.11. The van der Waals surface area contributed by atoms with Crippen LogP contribution in [0.4, 0.5) is 0 Å². The zero-order valence-corrected chi connectivity index (χ0v) is 12.1. The summed E-state index contributed by atoms with van der Waals surface area (Å²) >= 11 is 0. The number of benzene rings is 1. The average molecular weight is 246 g/mol. The molecule has 1 aliphatic carbocycles. The minimum Gasteiger partial charge on any atom is -0.312 e. The van der Waals surface area contributed by atoms with Gasteiger partial charge in [-0.25, -0.2) is 0 Å². The lowest BCUT2D eigenvalue weighted by Gasteiger charge is -2.36. The van der Waals surface area contributed by atoms with Crippen molar-refractivity contribution >= 4 is 0 Å². The maximum atomic E-state index is 3.54. The second kappa shape index (κ2) is 5.85. The summed E-state index contributed by atoms with van der Waals surface area (Å²) in [5.41, 5.74) is 3.02. The van der Waals surface area contributed by atoms with Crippen LogP contribution in [0.25, 0.3) is 0 Å². The van der Waals surface area contributed by atoms with E-state index in [2.05, 4.69) is 62.4 Å². The molecule has 2 heteroatoms. The average Bonchev–Trinajstić information content (AvgIpc) is 2.56. The van der Waals surface area contributed by atoms with Crippen molar-refractivity contribution in [1.82, 2.24) is 10.2 Å². The van der Waals surface area contributed by atoms with E-state index in [4.69, 9.17) is 0 Å². The Morgan fingerprint density at radius 2 is 2.00 bits per heavy atom. The van der Waals surface area contributed by atoms with E-state index in [9.17, 15) is 0 Å². The number of likely N-dealkylation sites (N-methyl/N-ethyl adjacent to an activating group) is 2. The van der Waals surface area contributed by atoms with Crippen molar-refractivity contribution in [3.05, 3.63) is 35.4 Å². The maximum absolute atomic E-state index is 3.54. The van der Waals surface area contributed by atoms with Crippen LogP contribution in [0.15, 0.2) is 24.3 Å². The summed E-state index contributed by atoms with van der Waals surface area (Å²) < 4.78 is 0. The number of fused-ring (bicyclic) bond motifs is 1. The zero-order chi connectivity index (χ0) is 13.1. The van der Waals surface area contributed by atoms with Crippen LogP contribution in [0.3, 0.4) is 0 Å². The van der Waals surface area contributed by atoms with Gasteiger partial charge < -0.3 is 5.32 Å². The largest absolute Gasteiger partial charge is 0.312 e. The molecule has 0 aliphatic heterocycles. The second-order valence-corrected chi connectivity index (χ2v) is 5.68. The lowest BCUT2D eigenvalue weighted by atomic mass is 9.95. The highest BCUT2D eigenvalue weighted by molar-refractivity contribution is 5.32. The third kappa shape index (κ3) is 2.60. The summed E-state index contributed by atoms with van der Waals surface area (Å²) in [6.45, 7) is 4.56. The predicted molar refractivity (Wildman–Crippen MR) is 77.9 cm³/mol. The highest BCUT2D eigenvalue weighted by Crippen LogP contribution is 2.31. The number of nitrogens with one attached hydrogen (secondary N) is 1. The number of rotatable bonds is 3. The summed E-state index contributed by atoms with van der Waals surface area (Å²) in [5.74, 6) is 0. The van der Waals surface area contributed by atoms with Gasteiger partial charge in [0.1, 0.15) is 0 Å². The van der Waals surface area contributed by atoms with Crippen molar-refractivity contribution in [2.45, 2.75) is 51.2 Å². The Morgan fingerprint density at radius 3 is 2.67 bits per heavy atom. The molecule has 0 amide bonds. The van der Waals surface area contributed by atoms with Crippen molar-refractivity contribution < 1.29 is 0 Å². The molecule has 1 aromatic rings. The van der Waals surface area contributed by atoms with E-state index in [0.29, 0.717) is 18.1 Å². The van der Waals surface area contributed by atoms with Crippen molar-refractivity contribution in [3.63, 3.8) is 0 Å². The van der Waals surface area contributed by atoms with Crippen LogP contribution >= 0.6 is 0 Å². The first-order valence-electron chi connectivity index (χ1n) is 7.12. The number of aryl methyl sites for hydroxylation is 1. The van der Waals surface area contributed by atoms with E-state index in [1.165, 1.54) is 30.4 Å². The fourth-order valence-corrected chi connectivity index (χ4v) is 3.11. The van der Waals surface area contributed by atoms with Crippen LogP contribution in [0.1, 0.15) is 43.9 Å². The topological polar surface area (TPSA) is 15.3 Å². The molecule has 0 heterocycles. The number of nitrogens with zero attached hydrogens (tertiary/aromatic N) is 1. The monoisotopic (exact) mass is 246 g/mol. The van der Waals surface area contributed by atoms with Crippen molar-refractivity contribution in [2.75, 3.05) is 14.1 Å². The van der Waals surface area contributed by atoms with E-state index in [0.717, 1.165) is 0 Å². The lowest BCUT2D eigenvalue weighted by Crippen LogP contribution is -2.44.